The standard InChI is InChI=1S/C29H31N7O2/c1-18-10-11-23(33-19(2)37)28(32-18)34-15-13-26(27(38)17-34)36-25-9-4-3-8-24(25)35(29(36)30)16-20-6-5-7-22-21(20)12-14-31-22/h3-12,14,26-27,30-31,38H,13,15-17H2,1-2H3,(H,33,37)/t26?,27-/m0/s1. The third-order valence-electron chi connectivity index (χ3n) is 7.43. The number of para-hydroxylation sites is 2. The van der Waals surface area contributed by atoms with Crippen LogP contribution in [-0.2, 0) is 11.3 Å². The molecule has 2 aromatic carbocycles. The van der Waals surface area contributed by atoms with Gasteiger partial charge in [-0.3, -0.25) is 10.2 Å². The van der Waals surface area contributed by atoms with Gasteiger partial charge in [0.2, 0.25) is 11.5 Å². The number of nitrogens with one attached hydrogen (secondary N) is 3. The molecule has 1 fully saturated rings. The molecule has 1 unspecified atom stereocenters. The molecule has 9 heteroatoms. The summed E-state index contributed by atoms with van der Waals surface area (Å²) in [4.78, 5) is 21.7. The molecular weight excluding hydrogens is 478 g/mol. The number of carbonyl (C=O) groups is 1. The normalized spacial score (nSPS) is 17.8. The van der Waals surface area contributed by atoms with E-state index in [4.69, 9.17) is 0 Å². The number of hydrogen-bond acceptors (Lipinski definition) is 5. The Kier molecular flexibility index (Phi) is 6.00. The third kappa shape index (κ3) is 4.14. The van der Waals surface area contributed by atoms with Gasteiger partial charge in [0.25, 0.3) is 0 Å². The first-order valence-corrected chi connectivity index (χ1v) is 12.9. The Balaban J connectivity index is 1.35. The number of pyridine rings is 1. The second-order valence-electron chi connectivity index (χ2n) is 10.00. The van der Waals surface area contributed by atoms with Crippen molar-refractivity contribution in [3.8, 4) is 0 Å². The summed E-state index contributed by atoms with van der Waals surface area (Å²) in [5, 5.41) is 24.6. The molecule has 1 aliphatic rings. The lowest BCUT2D eigenvalue weighted by Gasteiger charge is -2.38. The summed E-state index contributed by atoms with van der Waals surface area (Å²) in [7, 11) is 0. The molecule has 38 heavy (non-hydrogen) atoms. The SMILES string of the molecule is CC(=O)Nc1ccc(C)nc1N1CCC(n2c(=N)n(Cc3cccc4[nH]ccc34)c3ccccc32)[C@@H](O)C1. The fourth-order valence-corrected chi connectivity index (χ4v) is 5.69. The van der Waals surface area contributed by atoms with Crippen LogP contribution >= 0.6 is 0 Å². The van der Waals surface area contributed by atoms with E-state index in [1.807, 2.05) is 69.6 Å². The highest BCUT2D eigenvalue weighted by Gasteiger charge is 2.33. The summed E-state index contributed by atoms with van der Waals surface area (Å²) in [6, 6.07) is 19.8. The van der Waals surface area contributed by atoms with Crippen LogP contribution in [0.25, 0.3) is 21.9 Å². The van der Waals surface area contributed by atoms with Gasteiger partial charge >= 0.3 is 0 Å². The number of rotatable bonds is 5. The van der Waals surface area contributed by atoms with Gasteiger partial charge in [0.05, 0.1) is 35.4 Å². The van der Waals surface area contributed by atoms with E-state index in [0.29, 0.717) is 43.2 Å². The Labute approximate surface area is 219 Å². The molecule has 9 nitrogen and oxygen atoms in total. The molecule has 0 aliphatic carbocycles. The second-order valence-corrected chi connectivity index (χ2v) is 10.00. The van der Waals surface area contributed by atoms with Gasteiger partial charge in [0.15, 0.2) is 5.82 Å². The average molecular weight is 510 g/mol. The molecule has 0 radical (unpaired) electrons. The average Bonchev–Trinajstić information content (AvgIpc) is 3.49. The Bertz CT molecular complexity index is 1710. The number of amides is 1. The highest BCUT2D eigenvalue weighted by Crippen LogP contribution is 2.32. The number of benzene rings is 2. The van der Waals surface area contributed by atoms with Crippen LogP contribution in [0.3, 0.4) is 0 Å². The molecule has 0 bridgehead atoms. The number of β-amino-alcohol motifs (C(OH)–C–C–N with tert-alkyl or cyclic N) is 1. The van der Waals surface area contributed by atoms with Crippen LogP contribution < -0.4 is 15.8 Å². The zero-order valence-corrected chi connectivity index (χ0v) is 21.5. The lowest BCUT2D eigenvalue weighted by Crippen LogP contribution is -2.47. The van der Waals surface area contributed by atoms with Crippen LogP contribution in [0.2, 0.25) is 0 Å². The second kappa shape index (κ2) is 9.50. The number of fused-ring (bicyclic) bond motifs is 2. The monoisotopic (exact) mass is 509 g/mol. The van der Waals surface area contributed by atoms with Crippen LogP contribution in [0, 0.1) is 12.3 Å². The van der Waals surface area contributed by atoms with Gasteiger partial charge < -0.3 is 29.4 Å². The maximum atomic E-state index is 11.8. The molecular formula is C29H31N7O2. The summed E-state index contributed by atoms with van der Waals surface area (Å²) < 4.78 is 4.00. The van der Waals surface area contributed by atoms with Gasteiger partial charge in [-0.2, -0.15) is 0 Å². The fourth-order valence-electron chi connectivity index (χ4n) is 5.69. The Morgan fingerprint density at radius 3 is 2.74 bits per heavy atom. The van der Waals surface area contributed by atoms with Gasteiger partial charge in [-0.25, -0.2) is 4.98 Å². The number of aryl methyl sites for hydroxylation is 1. The number of nitrogens with zero attached hydrogens (tertiary/aromatic N) is 4. The number of hydrogen-bond donors (Lipinski definition) is 4. The number of piperidine rings is 1. The molecule has 5 aromatic rings. The molecule has 4 N–H and O–H groups in total. The van der Waals surface area contributed by atoms with Crippen LogP contribution in [0.15, 0.2) is 66.9 Å². The topological polar surface area (TPSA) is 115 Å². The number of carbonyl (C=O) groups excluding carboxylic acids is 1. The van der Waals surface area contributed by atoms with E-state index in [2.05, 4.69) is 33.5 Å². The molecule has 3 aromatic heterocycles. The fraction of sp³-hybridized carbons (Fsp3) is 0.276. The quantitative estimate of drug-likeness (QED) is 0.287. The minimum atomic E-state index is -0.724. The minimum absolute atomic E-state index is 0.162. The molecule has 0 saturated carbocycles. The van der Waals surface area contributed by atoms with E-state index in [1.54, 1.807) is 0 Å². The molecule has 4 heterocycles. The number of anilines is 2. The van der Waals surface area contributed by atoms with Crippen LogP contribution in [0.1, 0.15) is 30.6 Å². The van der Waals surface area contributed by atoms with E-state index in [-0.39, 0.29) is 11.9 Å². The highest BCUT2D eigenvalue weighted by atomic mass is 16.3. The smallest absolute Gasteiger partial charge is 0.221 e. The largest absolute Gasteiger partial charge is 0.389 e. The lowest BCUT2D eigenvalue weighted by molar-refractivity contribution is -0.114. The van der Waals surface area contributed by atoms with Crippen molar-refractivity contribution < 1.29 is 9.90 Å². The molecule has 0 spiro atoms. The first kappa shape index (κ1) is 24.0. The highest BCUT2D eigenvalue weighted by molar-refractivity contribution is 5.92. The van der Waals surface area contributed by atoms with E-state index in [0.717, 1.165) is 33.2 Å². The van der Waals surface area contributed by atoms with Crippen LogP contribution in [0.5, 0.6) is 0 Å². The number of aliphatic hydroxyl groups excluding tert-OH is 1. The summed E-state index contributed by atoms with van der Waals surface area (Å²) in [6.45, 7) is 4.93. The maximum absolute atomic E-state index is 11.8. The van der Waals surface area contributed by atoms with Gasteiger partial charge in [-0.1, -0.05) is 24.3 Å². The Hall–Kier alpha value is -4.37. The predicted molar refractivity (Wildman–Crippen MR) is 148 cm³/mol. The number of H-pyrrole nitrogens is 1. The summed E-state index contributed by atoms with van der Waals surface area (Å²) >= 11 is 0. The molecule has 194 valence electrons. The number of aromatic nitrogens is 4. The lowest BCUT2D eigenvalue weighted by atomic mass is 10.0. The molecule has 2 atom stereocenters. The van der Waals surface area contributed by atoms with Crippen molar-refractivity contribution in [3.05, 3.63) is 83.7 Å². The van der Waals surface area contributed by atoms with Crippen LogP contribution in [0.4, 0.5) is 11.5 Å². The van der Waals surface area contributed by atoms with E-state index in [1.165, 1.54) is 6.92 Å². The van der Waals surface area contributed by atoms with E-state index >= 15 is 0 Å². The van der Waals surface area contributed by atoms with Crippen molar-refractivity contribution >= 4 is 39.3 Å². The van der Waals surface area contributed by atoms with Gasteiger partial charge in [0, 0.05) is 42.8 Å². The first-order valence-electron chi connectivity index (χ1n) is 12.9. The maximum Gasteiger partial charge on any atom is 0.221 e. The van der Waals surface area contributed by atoms with Gasteiger partial charge in [-0.15, -0.1) is 0 Å². The van der Waals surface area contributed by atoms with Crippen molar-refractivity contribution in [2.45, 2.75) is 39.0 Å². The Morgan fingerprint density at radius 2 is 1.95 bits per heavy atom. The number of imidazole rings is 1. The molecule has 6 rings (SSSR count). The summed E-state index contributed by atoms with van der Waals surface area (Å²) in [5.74, 6) is 0.501. The van der Waals surface area contributed by atoms with Crippen molar-refractivity contribution in [1.82, 2.24) is 19.1 Å². The van der Waals surface area contributed by atoms with Gasteiger partial charge in [-0.05, 0) is 55.3 Å². The summed E-state index contributed by atoms with van der Waals surface area (Å²) in [5.41, 5.74) is 5.95. The minimum Gasteiger partial charge on any atom is -0.389 e. The van der Waals surface area contributed by atoms with Crippen molar-refractivity contribution in [1.29, 1.82) is 5.41 Å². The first-order chi connectivity index (χ1) is 18.4. The van der Waals surface area contributed by atoms with E-state index < -0.39 is 6.10 Å². The Morgan fingerprint density at radius 1 is 1.13 bits per heavy atom. The third-order valence-corrected chi connectivity index (χ3v) is 7.43. The predicted octanol–water partition coefficient (Wildman–Crippen LogP) is 3.93. The van der Waals surface area contributed by atoms with Crippen molar-refractivity contribution in [2.75, 3.05) is 23.3 Å². The zero-order valence-electron chi connectivity index (χ0n) is 21.5. The number of aromatic amines is 1. The molecule has 1 amide bonds. The molecule has 1 saturated heterocycles. The van der Waals surface area contributed by atoms with Crippen LogP contribution in [-0.4, -0.2) is 49.3 Å². The summed E-state index contributed by atoms with van der Waals surface area (Å²) in [6.07, 6.45) is 1.85. The van der Waals surface area contributed by atoms with E-state index in [9.17, 15) is 15.3 Å². The van der Waals surface area contributed by atoms with Crippen molar-refractivity contribution in [3.63, 3.8) is 0 Å². The van der Waals surface area contributed by atoms with Gasteiger partial charge in [0.1, 0.15) is 0 Å². The zero-order chi connectivity index (χ0) is 26.4. The van der Waals surface area contributed by atoms with Crippen molar-refractivity contribution in [2.24, 2.45) is 0 Å². The number of aliphatic hydroxyl groups is 1. The molecule has 1 aliphatic heterocycles.